The van der Waals surface area contributed by atoms with Gasteiger partial charge >= 0.3 is 27.4 Å². The Hall–Kier alpha value is -2.12. The Morgan fingerprint density at radius 1 is 1.22 bits per heavy atom. The van der Waals surface area contributed by atoms with Gasteiger partial charge in [0.2, 0.25) is 0 Å². The molecule has 41 heavy (non-hydrogen) atoms. The van der Waals surface area contributed by atoms with Crippen LogP contribution in [0.1, 0.15) is 43.3 Å². The summed E-state index contributed by atoms with van der Waals surface area (Å²) in [6.07, 6.45) is -7.18. The lowest BCUT2D eigenvalue weighted by atomic mass is 9.87. The van der Waals surface area contributed by atoms with Crippen LogP contribution in [0.4, 0.5) is 4.79 Å². The normalized spacial score (nSPS) is 39.6. The Bertz CT molecular complexity index is 1400. The first-order valence-corrected chi connectivity index (χ1v) is 15.3. The number of carbonyl (C=O) groups excluding carboxylic acids is 2. The number of urea groups is 1. The van der Waals surface area contributed by atoms with Gasteiger partial charge in [0.15, 0.2) is 5.60 Å². The summed E-state index contributed by atoms with van der Waals surface area (Å²) in [5.41, 5.74) is -3.26. The highest BCUT2D eigenvalue weighted by atomic mass is 31.2. The standard InChI is InChI=1S/C20H28N4O15P2/c1-8-5-23-13-3-9(25)11(37-13)6-36-41(33,34)39-10-4-14(38-12(10)7-35-40(30,31)32)24-16(15(8)21-18(23)27)20(2,29)17(26)22-19(24)28/h5,9-14,16,25,29H,3-4,6-7H2,1-2H3,(H,33,34)(H,22,26,28)(H2,30,31,32)/t9-,10-,11+,12+,13+,14+,16-,20+/m0/s1. The molecule has 1 unspecified atom stereocenters. The summed E-state index contributed by atoms with van der Waals surface area (Å²) in [5.74, 6) is -1.12. The van der Waals surface area contributed by atoms with Crippen molar-refractivity contribution in [2.45, 2.75) is 75.2 Å². The van der Waals surface area contributed by atoms with Gasteiger partial charge in [0.05, 0.1) is 25.0 Å². The van der Waals surface area contributed by atoms with Gasteiger partial charge < -0.3 is 34.4 Å². The van der Waals surface area contributed by atoms with E-state index in [9.17, 15) is 48.4 Å². The average molecular weight is 626 g/mol. The minimum absolute atomic E-state index is 0.126. The van der Waals surface area contributed by atoms with Gasteiger partial charge in [-0.1, -0.05) is 0 Å². The van der Waals surface area contributed by atoms with Crippen molar-refractivity contribution in [1.29, 1.82) is 0 Å². The minimum atomic E-state index is -5.06. The molecule has 5 aliphatic heterocycles. The number of aliphatic hydroxyl groups excluding tert-OH is 1. The molecule has 0 radical (unpaired) electrons. The Morgan fingerprint density at radius 2 is 1.93 bits per heavy atom. The number of aromatic nitrogens is 2. The van der Waals surface area contributed by atoms with Gasteiger partial charge in [-0.25, -0.2) is 18.7 Å². The molecule has 0 saturated carbocycles. The number of aliphatic hydroxyl groups is 2. The Balaban J connectivity index is 1.63. The van der Waals surface area contributed by atoms with Crippen LogP contribution in [0.15, 0.2) is 11.0 Å². The predicted octanol–water partition coefficient (Wildman–Crippen LogP) is -1.72. The molecule has 6 heterocycles. The number of rotatable bonds is 3. The third-order valence-electron chi connectivity index (χ3n) is 7.24. The van der Waals surface area contributed by atoms with Crippen LogP contribution in [0, 0.1) is 6.92 Å². The topological polar surface area (TPSA) is 266 Å². The van der Waals surface area contributed by atoms with Crippen molar-refractivity contribution in [3.8, 4) is 0 Å². The fourth-order valence-electron chi connectivity index (χ4n) is 5.27. The highest BCUT2D eigenvalue weighted by Gasteiger charge is 2.57. The van der Waals surface area contributed by atoms with E-state index in [1.165, 1.54) is 13.1 Å². The molecule has 0 aliphatic carbocycles. The van der Waals surface area contributed by atoms with Crippen LogP contribution in [-0.2, 0) is 37.0 Å². The minimum Gasteiger partial charge on any atom is -0.390 e. The van der Waals surface area contributed by atoms with E-state index in [0.29, 0.717) is 0 Å². The number of ether oxygens (including phenoxy) is 2. The number of imide groups is 1. The quantitative estimate of drug-likeness (QED) is 0.204. The van der Waals surface area contributed by atoms with Crippen LogP contribution in [-0.4, -0.2) is 101 Å². The maximum absolute atomic E-state index is 13.2. The summed E-state index contributed by atoms with van der Waals surface area (Å²) in [7, 11) is -10.0. The third-order valence-corrected chi connectivity index (χ3v) is 8.74. The first-order chi connectivity index (χ1) is 19.0. The van der Waals surface area contributed by atoms with Crippen LogP contribution in [0.3, 0.4) is 0 Å². The van der Waals surface area contributed by atoms with Gasteiger partial charge in [-0.15, -0.1) is 0 Å². The summed E-state index contributed by atoms with van der Waals surface area (Å²) >= 11 is 0. The molecule has 0 aromatic carbocycles. The van der Waals surface area contributed by atoms with E-state index in [2.05, 4.69) is 9.51 Å². The molecule has 21 heteroatoms. The summed E-state index contributed by atoms with van der Waals surface area (Å²) in [4.78, 5) is 72.7. The molecule has 228 valence electrons. The second-order valence-electron chi connectivity index (χ2n) is 10.2. The van der Waals surface area contributed by atoms with Gasteiger partial charge in [0, 0.05) is 19.0 Å². The van der Waals surface area contributed by atoms with E-state index < -0.39 is 101 Å². The van der Waals surface area contributed by atoms with Crippen molar-refractivity contribution in [3.63, 3.8) is 0 Å². The maximum Gasteiger partial charge on any atom is 0.472 e. The van der Waals surface area contributed by atoms with E-state index in [-0.39, 0.29) is 17.7 Å². The number of hydrogen-bond donors (Lipinski definition) is 6. The number of aryl methyl sites for hydroxylation is 1. The SMILES string of the molecule is Cc1cn2c(=O)nc1[C@@H]1N(C(=O)NC(=O)[C@]1(C)O)[C@H]1C[C@H](OP(=O)(O)OC[C@H]3O[C@@H]2C[C@@H]3O)[C@@H](COP(=O)(O)O)O1. The van der Waals surface area contributed by atoms with Crippen LogP contribution >= 0.6 is 15.6 Å². The van der Waals surface area contributed by atoms with Crippen molar-refractivity contribution in [3.05, 3.63) is 27.9 Å². The highest BCUT2D eigenvalue weighted by molar-refractivity contribution is 7.47. The molecule has 1 aromatic heterocycles. The second kappa shape index (κ2) is 10.6. The summed E-state index contributed by atoms with van der Waals surface area (Å²) in [6.45, 7) is 1.05. The number of hydrogen-bond acceptors (Lipinski definition) is 13. The number of amides is 3. The lowest BCUT2D eigenvalue weighted by molar-refractivity contribution is -0.159. The maximum atomic E-state index is 13.2. The summed E-state index contributed by atoms with van der Waals surface area (Å²) in [5, 5.41) is 23.7. The fourth-order valence-corrected chi connectivity index (χ4v) is 6.57. The van der Waals surface area contributed by atoms with Crippen molar-refractivity contribution < 1.29 is 66.7 Å². The molecular formula is C20H28N4O15P2. The molecule has 3 fully saturated rings. The van der Waals surface area contributed by atoms with Crippen LogP contribution in [0.2, 0.25) is 0 Å². The van der Waals surface area contributed by atoms with Gasteiger partial charge in [0.25, 0.3) is 5.91 Å². The first kappa shape index (κ1) is 30.3. The van der Waals surface area contributed by atoms with E-state index in [0.717, 1.165) is 16.4 Å². The number of nitrogens with one attached hydrogen (secondary N) is 1. The van der Waals surface area contributed by atoms with E-state index in [4.69, 9.17) is 18.5 Å². The predicted molar refractivity (Wildman–Crippen MR) is 128 cm³/mol. The molecule has 0 spiro atoms. The van der Waals surface area contributed by atoms with E-state index in [1.54, 1.807) is 0 Å². The van der Waals surface area contributed by atoms with Crippen LogP contribution < -0.4 is 11.0 Å². The number of nitrogens with zero attached hydrogens (tertiary/aromatic N) is 3. The van der Waals surface area contributed by atoms with Gasteiger partial charge in [-0.05, 0) is 19.4 Å². The number of fused-ring (bicyclic) bond motifs is 5. The Labute approximate surface area is 230 Å². The van der Waals surface area contributed by atoms with Crippen molar-refractivity contribution >= 4 is 27.6 Å². The smallest absolute Gasteiger partial charge is 0.390 e. The molecule has 6 bridgehead atoms. The monoisotopic (exact) mass is 626 g/mol. The molecular weight excluding hydrogens is 598 g/mol. The highest BCUT2D eigenvalue weighted by Crippen LogP contribution is 2.50. The Kier molecular flexibility index (Phi) is 7.81. The van der Waals surface area contributed by atoms with Gasteiger partial charge in [-0.3, -0.25) is 33.1 Å². The average Bonchev–Trinajstić information content (AvgIpc) is 3.41. The molecule has 1 aromatic rings. The zero-order valence-corrected chi connectivity index (χ0v) is 23.3. The molecule has 3 saturated heterocycles. The third kappa shape index (κ3) is 5.90. The Morgan fingerprint density at radius 3 is 2.61 bits per heavy atom. The molecule has 9 atom stereocenters. The fraction of sp³-hybridized carbons (Fsp3) is 0.700. The molecule has 6 N–H and O–H groups in total. The number of carbonyl (C=O) groups is 2. The molecule has 3 amide bonds. The van der Waals surface area contributed by atoms with E-state index >= 15 is 0 Å². The molecule has 5 aliphatic rings. The van der Waals surface area contributed by atoms with Gasteiger partial charge in [-0.2, -0.15) is 4.98 Å². The lowest BCUT2D eigenvalue weighted by Crippen LogP contribution is -2.67. The number of phosphoric ester groups is 2. The second-order valence-corrected chi connectivity index (χ2v) is 12.9. The molecule has 19 nitrogen and oxygen atoms in total. The summed E-state index contributed by atoms with van der Waals surface area (Å²) in [6, 6.07) is -2.74. The van der Waals surface area contributed by atoms with Crippen LogP contribution in [0.25, 0.3) is 0 Å². The summed E-state index contributed by atoms with van der Waals surface area (Å²) < 4.78 is 51.4. The lowest BCUT2D eigenvalue weighted by Gasteiger charge is -2.45. The van der Waals surface area contributed by atoms with E-state index in [1.807, 2.05) is 5.32 Å². The molecule has 6 rings (SSSR count). The van der Waals surface area contributed by atoms with Crippen LogP contribution in [0.5, 0.6) is 0 Å². The van der Waals surface area contributed by atoms with Gasteiger partial charge in [0.1, 0.15) is 36.8 Å². The number of phosphoric acid groups is 2. The van der Waals surface area contributed by atoms with Crippen molar-refractivity contribution in [2.24, 2.45) is 0 Å². The van der Waals surface area contributed by atoms with Crippen molar-refractivity contribution in [2.75, 3.05) is 13.2 Å². The first-order valence-electron chi connectivity index (χ1n) is 12.3. The largest absolute Gasteiger partial charge is 0.472 e. The van der Waals surface area contributed by atoms with Crippen molar-refractivity contribution in [1.82, 2.24) is 19.8 Å². The zero-order valence-electron chi connectivity index (χ0n) is 21.5. The zero-order chi connectivity index (χ0) is 30.1.